The summed E-state index contributed by atoms with van der Waals surface area (Å²) in [5.41, 5.74) is 4.55. The van der Waals surface area contributed by atoms with Crippen molar-refractivity contribution in [2.75, 3.05) is 54.9 Å². The first-order chi connectivity index (χ1) is 12.5. The minimum absolute atomic E-state index is 0.0169. The van der Waals surface area contributed by atoms with Crippen molar-refractivity contribution in [1.29, 1.82) is 0 Å². The van der Waals surface area contributed by atoms with Crippen molar-refractivity contribution in [2.24, 2.45) is 0 Å². The highest BCUT2D eigenvalue weighted by atomic mass is 32.1. The molecule has 2 aromatic rings. The van der Waals surface area contributed by atoms with Crippen LogP contribution in [-0.2, 0) is 6.42 Å². The Morgan fingerprint density at radius 2 is 1.92 bits per heavy atom. The summed E-state index contributed by atoms with van der Waals surface area (Å²) in [6.07, 6.45) is 1.08. The minimum atomic E-state index is -0.0169. The highest BCUT2D eigenvalue weighted by Crippen LogP contribution is 2.30. The number of piperazine rings is 1. The number of aryl methyl sites for hydroxylation is 2. The van der Waals surface area contributed by atoms with Gasteiger partial charge in [-0.05, 0) is 38.0 Å². The third-order valence-electron chi connectivity index (χ3n) is 5.32. The quantitative estimate of drug-likeness (QED) is 0.881. The molecule has 6 nitrogen and oxygen atoms in total. The average Bonchev–Trinajstić information content (AvgIpc) is 3.18. The number of hydrogen-bond donors (Lipinski definition) is 1. The second-order valence-electron chi connectivity index (χ2n) is 7.06. The van der Waals surface area contributed by atoms with Crippen LogP contribution in [0, 0.1) is 13.8 Å². The number of fused-ring (bicyclic) bond motifs is 1. The third kappa shape index (κ3) is 3.23. The minimum Gasteiger partial charge on any atom is -0.374 e. The number of benzene rings is 1. The van der Waals surface area contributed by atoms with Crippen LogP contribution in [0.5, 0.6) is 0 Å². The number of hydrogen-bond acceptors (Lipinski definition) is 5. The summed E-state index contributed by atoms with van der Waals surface area (Å²) in [5, 5.41) is 4.13. The number of urea groups is 1. The molecule has 3 heterocycles. The number of carbonyl (C=O) groups is 1. The first-order valence-corrected chi connectivity index (χ1v) is 9.92. The van der Waals surface area contributed by atoms with Crippen molar-refractivity contribution in [2.45, 2.75) is 20.3 Å². The number of anilines is 3. The van der Waals surface area contributed by atoms with Gasteiger partial charge in [0.25, 0.3) is 0 Å². The zero-order valence-electron chi connectivity index (χ0n) is 15.6. The van der Waals surface area contributed by atoms with E-state index < -0.39 is 0 Å². The van der Waals surface area contributed by atoms with Crippen LogP contribution in [-0.4, -0.2) is 55.7 Å². The van der Waals surface area contributed by atoms with Crippen LogP contribution in [0.1, 0.15) is 16.1 Å². The van der Waals surface area contributed by atoms with Gasteiger partial charge in [0.05, 0.1) is 5.69 Å². The van der Waals surface area contributed by atoms with Crippen LogP contribution in [0.3, 0.4) is 0 Å². The van der Waals surface area contributed by atoms with E-state index >= 15 is 0 Å². The lowest BCUT2D eigenvalue weighted by Crippen LogP contribution is -2.50. The summed E-state index contributed by atoms with van der Waals surface area (Å²) in [6, 6.07) is 6.20. The molecule has 2 aliphatic heterocycles. The summed E-state index contributed by atoms with van der Waals surface area (Å²) < 4.78 is 0. The molecule has 26 heavy (non-hydrogen) atoms. The lowest BCUT2D eigenvalue weighted by atomic mass is 10.1. The van der Waals surface area contributed by atoms with Gasteiger partial charge in [0, 0.05) is 56.0 Å². The fourth-order valence-electron chi connectivity index (χ4n) is 3.51. The first-order valence-electron chi connectivity index (χ1n) is 9.10. The maximum atomic E-state index is 12.6. The number of carbonyl (C=O) groups excluding carboxylic acids is 1. The molecule has 0 unspecified atom stereocenters. The second kappa shape index (κ2) is 6.79. The summed E-state index contributed by atoms with van der Waals surface area (Å²) in [6.45, 7) is 8.29. The maximum absolute atomic E-state index is 12.6. The molecular formula is C19H25N5OS. The normalized spacial score (nSPS) is 16.8. The molecule has 0 saturated carbocycles. The summed E-state index contributed by atoms with van der Waals surface area (Å²) in [7, 11) is 2.10. The van der Waals surface area contributed by atoms with Crippen LogP contribution in [0.2, 0.25) is 0 Å². The smallest absolute Gasteiger partial charge is 0.321 e. The Labute approximate surface area is 158 Å². The summed E-state index contributed by atoms with van der Waals surface area (Å²) in [4.78, 5) is 24.9. The summed E-state index contributed by atoms with van der Waals surface area (Å²) in [5.74, 6) is 0. The molecule has 1 N–H and O–H groups in total. The largest absolute Gasteiger partial charge is 0.374 e. The van der Waals surface area contributed by atoms with Crippen molar-refractivity contribution in [1.82, 2.24) is 9.88 Å². The van der Waals surface area contributed by atoms with E-state index in [2.05, 4.69) is 46.2 Å². The molecule has 0 aliphatic carbocycles. The van der Waals surface area contributed by atoms with Gasteiger partial charge in [-0.3, -0.25) is 0 Å². The average molecular weight is 372 g/mol. The van der Waals surface area contributed by atoms with Crippen LogP contribution in [0.4, 0.5) is 21.3 Å². The fraction of sp³-hybridized carbons (Fsp3) is 0.474. The van der Waals surface area contributed by atoms with Gasteiger partial charge in [-0.1, -0.05) is 6.07 Å². The van der Waals surface area contributed by atoms with Gasteiger partial charge in [-0.2, -0.15) is 0 Å². The molecule has 138 valence electrons. The van der Waals surface area contributed by atoms with Gasteiger partial charge in [0.15, 0.2) is 5.13 Å². The van der Waals surface area contributed by atoms with Gasteiger partial charge in [-0.15, -0.1) is 11.3 Å². The van der Waals surface area contributed by atoms with E-state index in [1.165, 1.54) is 16.1 Å². The number of rotatable bonds is 2. The number of nitrogens with one attached hydrogen (secondary N) is 1. The van der Waals surface area contributed by atoms with E-state index in [1.54, 1.807) is 11.3 Å². The Morgan fingerprint density at radius 1 is 1.15 bits per heavy atom. The van der Waals surface area contributed by atoms with Crippen molar-refractivity contribution in [3.63, 3.8) is 0 Å². The SMILES string of the molecule is Cc1nc(N2CCN(C(=O)Nc3ccc4c(c3)N(C)CC4)CC2)sc1C. The van der Waals surface area contributed by atoms with E-state index in [-0.39, 0.29) is 6.03 Å². The predicted octanol–water partition coefficient (Wildman–Crippen LogP) is 3.11. The Bertz CT molecular complexity index is 806. The monoisotopic (exact) mass is 371 g/mol. The molecule has 1 saturated heterocycles. The molecule has 0 atom stereocenters. The van der Waals surface area contributed by atoms with Crippen LogP contribution in [0.25, 0.3) is 0 Å². The zero-order chi connectivity index (χ0) is 18.3. The zero-order valence-corrected chi connectivity index (χ0v) is 16.4. The maximum Gasteiger partial charge on any atom is 0.321 e. The Morgan fingerprint density at radius 3 is 2.62 bits per heavy atom. The van der Waals surface area contributed by atoms with Crippen molar-refractivity contribution >= 4 is 33.9 Å². The number of aromatic nitrogens is 1. The number of thiazole rings is 1. The fourth-order valence-corrected chi connectivity index (χ4v) is 4.47. The summed E-state index contributed by atoms with van der Waals surface area (Å²) >= 11 is 1.74. The van der Waals surface area contributed by atoms with E-state index in [4.69, 9.17) is 0 Å². The van der Waals surface area contributed by atoms with E-state index in [9.17, 15) is 4.79 Å². The van der Waals surface area contributed by atoms with Gasteiger partial charge in [-0.25, -0.2) is 9.78 Å². The first kappa shape index (κ1) is 17.1. The number of amides is 2. The Hall–Kier alpha value is -2.28. The Kier molecular flexibility index (Phi) is 4.48. The van der Waals surface area contributed by atoms with Crippen LogP contribution in [0.15, 0.2) is 18.2 Å². The predicted molar refractivity (Wildman–Crippen MR) is 108 cm³/mol. The topological polar surface area (TPSA) is 51.7 Å². The molecule has 4 rings (SSSR count). The van der Waals surface area contributed by atoms with Crippen molar-refractivity contribution < 1.29 is 4.79 Å². The Balaban J connectivity index is 1.36. The molecule has 0 radical (unpaired) electrons. The molecule has 0 spiro atoms. The molecule has 2 amide bonds. The molecular weight excluding hydrogens is 346 g/mol. The van der Waals surface area contributed by atoms with Gasteiger partial charge < -0.3 is 20.0 Å². The standard InChI is InChI=1S/C19H25N5OS/c1-13-14(2)26-19(20-13)24-10-8-23(9-11-24)18(25)21-16-5-4-15-6-7-22(3)17(15)12-16/h4-5,12H,6-11H2,1-3H3,(H,21,25). The molecule has 2 aliphatic rings. The molecule has 1 aromatic carbocycles. The van der Waals surface area contributed by atoms with Crippen molar-refractivity contribution in [3.8, 4) is 0 Å². The van der Waals surface area contributed by atoms with Crippen LogP contribution >= 0.6 is 11.3 Å². The molecule has 1 aromatic heterocycles. The van der Waals surface area contributed by atoms with Gasteiger partial charge in [0.1, 0.15) is 0 Å². The van der Waals surface area contributed by atoms with Crippen molar-refractivity contribution in [3.05, 3.63) is 34.3 Å². The van der Waals surface area contributed by atoms with Crippen LogP contribution < -0.4 is 15.1 Å². The third-order valence-corrected chi connectivity index (χ3v) is 6.45. The number of likely N-dealkylation sites (N-methyl/N-ethyl adjacent to an activating group) is 1. The molecule has 1 fully saturated rings. The molecule has 0 bridgehead atoms. The van der Waals surface area contributed by atoms with E-state index in [1.807, 2.05) is 17.9 Å². The van der Waals surface area contributed by atoms with Gasteiger partial charge >= 0.3 is 6.03 Å². The van der Waals surface area contributed by atoms with E-state index in [0.29, 0.717) is 13.1 Å². The highest BCUT2D eigenvalue weighted by Gasteiger charge is 2.24. The van der Waals surface area contributed by atoms with E-state index in [0.717, 1.165) is 42.6 Å². The number of nitrogens with zero attached hydrogens (tertiary/aromatic N) is 4. The lowest BCUT2D eigenvalue weighted by molar-refractivity contribution is 0.208. The second-order valence-corrected chi connectivity index (χ2v) is 8.24. The van der Waals surface area contributed by atoms with Gasteiger partial charge in [0.2, 0.25) is 0 Å². The molecule has 7 heteroatoms. The lowest BCUT2D eigenvalue weighted by Gasteiger charge is -2.34. The highest BCUT2D eigenvalue weighted by molar-refractivity contribution is 7.15.